The maximum Gasteiger partial charge on any atom is 0.260 e. The number of ether oxygens (including phenoxy) is 3. The molecule has 2 saturated carbocycles. The van der Waals surface area contributed by atoms with E-state index in [0.29, 0.717) is 24.7 Å². The van der Waals surface area contributed by atoms with Gasteiger partial charge in [-0.15, -0.1) is 0 Å². The highest BCUT2D eigenvalue weighted by Crippen LogP contribution is 2.50. The van der Waals surface area contributed by atoms with Crippen molar-refractivity contribution in [1.82, 2.24) is 14.8 Å². The molecular formula is C26H26F2N6O5. The third-order valence-corrected chi connectivity index (χ3v) is 7.33. The molecule has 3 aromatic rings. The smallest absolute Gasteiger partial charge is 0.260 e. The summed E-state index contributed by atoms with van der Waals surface area (Å²) in [6.45, 7) is 1.12. The van der Waals surface area contributed by atoms with Crippen LogP contribution < -0.4 is 21.1 Å². The number of benzene rings is 1. The molecule has 3 aliphatic rings. The highest BCUT2D eigenvalue weighted by atomic mass is 19.3. The molecule has 39 heavy (non-hydrogen) atoms. The van der Waals surface area contributed by atoms with Crippen LogP contribution in [0.3, 0.4) is 0 Å². The lowest BCUT2D eigenvalue weighted by Gasteiger charge is -2.44. The minimum absolute atomic E-state index is 0.00243. The highest BCUT2D eigenvalue weighted by molar-refractivity contribution is 6.01. The Morgan fingerprint density at radius 3 is 2.62 bits per heavy atom. The number of rotatable bonds is 8. The van der Waals surface area contributed by atoms with E-state index in [1.54, 1.807) is 18.3 Å². The van der Waals surface area contributed by atoms with Gasteiger partial charge in [0.2, 0.25) is 5.91 Å². The second-order valence-corrected chi connectivity index (χ2v) is 9.77. The molecule has 1 spiro atoms. The average molecular weight is 541 g/mol. The normalized spacial score (nSPS) is 22.2. The Balaban J connectivity index is 1.28. The number of carbonyl (C=O) groups excluding carboxylic acids is 2. The van der Waals surface area contributed by atoms with Crippen molar-refractivity contribution in [2.24, 2.45) is 11.7 Å². The summed E-state index contributed by atoms with van der Waals surface area (Å²) in [6.07, 6.45) is 6.00. The van der Waals surface area contributed by atoms with E-state index in [2.05, 4.69) is 20.7 Å². The molecule has 2 aliphatic carbocycles. The number of primary amides is 1. The van der Waals surface area contributed by atoms with Crippen molar-refractivity contribution in [3.63, 3.8) is 0 Å². The van der Waals surface area contributed by atoms with Gasteiger partial charge in [0, 0.05) is 42.4 Å². The number of para-hydroxylation sites is 1. The van der Waals surface area contributed by atoms with Crippen molar-refractivity contribution in [3.05, 3.63) is 48.4 Å². The molecule has 204 valence electrons. The fourth-order valence-electron chi connectivity index (χ4n) is 5.06. The van der Waals surface area contributed by atoms with Crippen LogP contribution >= 0.6 is 0 Å². The Morgan fingerprint density at radius 2 is 1.97 bits per heavy atom. The summed E-state index contributed by atoms with van der Waals surface area (Å²) in [7, 11) is 1.51. The van der Waals surface area contributed by atoms with Crippen LogP contribution in [0.4, 0.5) is 26.0 Å². The van der Waals surface area contributed by atoms with Crippen LogP contribution in [0.25, 0.3) is 11.1 Å². The molecule has 6 rings (SSSR count). The van der Waals surface area contributed by atoms with Crippen molar-refractivity contribution in [2.75, 3.05) is 31.0 Å². The number of nitrogens with one attached hydrogen (secondary N) is 2. The first-order chi connectivity index (χ1) is 18.7. The number of hydrogen-bond acceptors (Lipinski definition) is 8. The Morgan fingerprint density at radius 1 is 1.21 bits per heavy atom. The summed E-state index contributed by atoms with van der Waals surface area (Å²) in [6, 6.07) is 6.74. The fourth-order valence-corrected chi connectivity index (χ4v) is 5.06. The number of amides is 2. The zero-order chi connectivity index (χ0) is 27.4. The highest BCUT2D eigenvalue weighted by Gasteiger charge is 2.61. The quantitative estimate of drug-likeness (QED) is 0.394. The first-order valence-electron chi connectivity index (χ1n) is 12.5. The summed E-state index contributed by atoms with van der Waals surface area (Å²) < 4.78 is 45.9. The summed E-state index contributed by atoms with van der Waals surface area (Å²) in [5.41, 5.74) is 7.80. The number of anilines is 3. The van der Waals surface area contributed by atoms with Crippen molar-refractivity contribution in [3.8, 4) is 16.9 Å². The van der Waals surface area contributed by atoms with E-state index in [4.69, 9.17) is 19.9 Å². The van der Waals surface area contributed by atoms with Crippen LogP contribution in [0, 0.1) is 5.92 Å². The predicted molar refractivity (Wildman–Crippen MR) is 135 cm³/mol. The van der Waals surface area contributed by atoms with E-state index < -0.39 is 35.9 Å². The summed E-state index contributed by atoms with van der Waals surface area (Å²) in [4.78, 5) is 28.2. The molecule has 2 aromatic heterocycles. The Hall–Kier alpha value is -4.10. The zero-order valence-electron chi connectivity index (χ0n) is 20.9. The third kappa shape index (κ3) is 4.46. The van der Waals surface area contributed by atoms with Crippen LogP contribution in [0.5, 0.6) is 5.75 Å². The van der Waals surface area contributed by atoms with E-state index in [1.165, 1.54) is 19.4 Å². The van der Waals surface area contributed by atoms with Crippen LogP contribution in [0.15, 0.2) is 42.9 Å². The lowest BCUT2D eigenvalue weighted by molar-refractivity contribution is -0.242. The number of pyridine rings is 1. The number of halogens is 2. The maximum atomic E-state index is 13.3. The zero-order valence-corrected chi connectivity index (χ0v) is 20.9. The summed E-state index contributed by atoms with van der Waals surface area (Å²) >= 11 is 0. The van der Waals surface area contributed by atoms with Crippen molar-refractivity contribution in [2.45, 2.75) is 37.0 Å². The second kappa shape index (κ2) is 9.27. The van der Waals surface area contributed by atoms with Gasteiger partial charge >= 0.3 is 0 Å². The molecule has 2 atom stereocenters. The molecule has 0 bridgehead atoms. The number of nitrogens with zero attached hydrogens (tertiary/aromatic N) is 3. The molecule has 1 aromatic carbocycles. The number of hydrogen-bond donors (Lipinski definition) is 3. The Labute approximate surface area is 221 Å². The predicted octanol–water partition coefficient (Wildman–Crippen LogP) is 3.47. The minimum atomic E-state index is -3.02. The molecule has 13 heteroatoms. The summed E-state index contributed by atoms with van der Waals surface area (Å²) in [5.74, 6) is -6.18. The first-order valence-corrected chi connectivity index (χ1v) is 12.5. The van der Waals surface area contributed by atoms with Gasteiger partial charge in [-0.1, -0.05) is 12.1 Å². The van der Waals surface area contributed by atoms with E-state index >= 15 is 0 Å². The van der Waals surface area contributed by atoms with Gasteiger partial charge in [0.1, 0.15) is 23.5 Å². The fraction of sp³-hybridized carbons (Fsp3) is 0.385. The molecule has 0 radical (unpaired) electrons. The number of alkyl halides is 2. The van der Waals surface area contributed by atoms with Gasteiger partial charge < -0.3 is 30.6 Å². The first kappa shape index (κ1) is 25.2. The Bertz CT molecular complexity index is 1450. The molecule has 3 heterocycles. The molecule has 11 nitrogen and oxygen atoms in total. The summed E-state index contributed by atoms with van der Waals surface area (Å²) in [5, 5.41) is 10.0. The van der Waals surface area contributed by atoms with Crippen molar-refractivity contribution in [1.29, 1.82) is 0 Å². The topological polar surface area (TPSA) is 143 Å². The van der Waals surface area contributed by atoms with Crippen LogP contribution in [-0.4, -0.2) is 58.6 Å². The largest absolute Gasteiger partial charge is 0.494 e. The molecule has 2 amide bonds. The van der Waals surface area contributed by atoms with Gasteiger partial charge in [0.05, 0.1) is 43.5 Å². The molecule has 1 aliphatic heterocycles. The van der Waals surface area contributed by atoms with Crippen molar-refractivity contribution < 1.29 is 32.6 Å². The van der Waals surface area contributed by atoms with Gasteiger partial charge in [-0.2, -0.15) is 5.10 Å². The second-order valence-electron chi connectivity index (χ2n) is 9.77. The Kier molecular flexibility index (Phi) is 5.99. The van der Waals surface area contributed by atoms with Gasteiger partial charge in [-0.25, -0.2) is 13.8 Å². The lowest BCUT2D eigenvalue weighted by atomic mass is 9.85. The lowest BCUT2D eigenvalue weighted by Crippen LogP contribution is -2.49. The van der Waals surface area contributed by atoms with Gasteiger partial charge in [0.25, 0.3) is 11.8 Å². The molecule has 4 N–H and O–H groups in total. The third-order valence-electron chi connectivity index (χ3n) is 7.33. The standard InChI is InChI=1S/C26H26F2N6O5/c1-37-22-15(14-11-31-34(13-14)20-5-6-26(20)38-7-8-39-26)3-2-4-18(22)32-19-9-21(30-12-16(19)23(29)35)33-24(36)17-10-25(17,27)28/h2-4,9,11-13,17,20H,5-8,10H2,1H3,(H2,29,35)(H2,30,32,33,36)/t17-,20+/m0/s1. The molecule has 0 unspecified atom stereocenters. The van der Waals surface area contributed by atoms with Gasteiger partial charge in [-0.3, -0.25) is 14.3 Å². The van der Waals surface area contributed by atoms with Gasteiger partial charge in [-0.05, 0) is 12.5 Å². The molecule has 3 fully saturated rings. The van der Waals surface area contributed by atoms with Crippen LogP contribution in [-0.2, 0) is 14.3 Å². The van der Waals surface area contributed by atoms with E-state index in [1.807, 2.05) is 16.9 Å². The SMILES string of the molecule is COc1c(Nc2cc(NC(=O)[C@@H]3CC3(F)F)ncc2C(N)=O)cccc1-c1cnn([C@@H]2CCC23OCCO3)c1. The van der Waals surface area contributed by atoms with E-state index in [-0.39, 0.29) is 23.1 Å². The number of methoxy groups -OCH3 is 1. The molecule has 1 saturated heterocycles. The van der Waals surface area contributed by atoms with E-state index in [0.717, 1.165) is 24.0 Å². The van der Waals surface area contributed by atoms with Crippen LogP contribution in [0.1, 0.15) is 35.7 Å². The minimum Gasteiger partial charge on any atom is -0.494 e. The van der Waals surface area contributed by atoms with E-state index in [9.17, 15) is 18.4 Å². The molecular weight excluding hydrogens is 514 g/mol. The maximum absolute atomic E-state index is 13.3. The van der Waals surface area contributed by atoms with Gasteiger partial charge in [0.15, 0.2) is 5.79 Å². The number of nitrogens with two attached hydrogens (primary N) is 1. The van der Waals surface area contributed by atoms with Crippen molar-refractivity contribution >= 4 is 29.0 Å². The average Bonchev–Trinajstić information content (AvgIpc) is 3.28. The monoisotopic (exact) mass is 540 g/mol. The number of carbonyl (C=O) groups is 2. The van der Waals surface area contributed by atoms with Crippen LogP contribution in [0.2, 0.25) is 0 Å². The number of aromatic nitrogens is 3.